The van der Waals surface area contributed by atoms with Gasteiger partial charge >= 0.3 is 5.97 Å². The molecule has 14 heteroatoms. The molecule has 0 aromatic rings. The number of hydrogen-bond acceptors (Lipinski definition) is 14. The summed E-state index contributed by atoms with van der Waals surface area (Å²) in [5.41, 5.74) is -3.77. The number of cyclic esters (lactones) is 1. The van der Waals surface area contributed by atoms with E-state index in [2.05, 4.69) is 0 Å². The molecule has 14 nitrogen and oxygen atoms in total. The zero-order chi connectivity index (χ0) is 38.0. The van der Waals surface area contributed by atoms with Crippen LogP contribution in [0.25, 0.3) is 0 Å². The Kier molecular flexibility index (Phi) is 14.9. The van der Waals surface area contributed by atoms with E-state index in [0.29, 0.717) is 6.42 Å². The maximum absolute atomic E-state index is 14.0. The van der Waals surface area contributed by atoms with E-state index in [1.165, 1.54) is 27.9 Å². The summed E-state index contributed by atoms with van der Waals surface area (Å²) < 4.78 is 36.7. The Hall–Kier alpha value is -1.30. The van der Waals surface area contributed by atoms with E-state index in [9.17, 15) is 35.1 Å². The predicted octanol–water partition coefficient (Wildman–Crippen LogP) is 1.40. The standard InChI is InChI=1S/C36H65NO13/c1-13-25-36(9,44)31(41)19(4)27(38)17(2)16-35(8,43)32(50-34-29(40)23(37(10)11)14-18(3)46-34)20(5)30(21(6)33(42)48-25)49-26-15-24(45-12)28(39)22(7)47-26/h17-26,28-32,34,39-41,43-44H,13-16H2,1-12H3/t17-,18-,19+,20+,21-,22+,23+,24-,25-,26+,28+,29-,30+,31-,32-,34+,35-,36-/m1/s1. The van der Waals surface area contributed by atoms with Crippen molar-refractivity contribution in [1.29, 1.82) is 0 Å². The molecule has 3 aliphatic heterocycles. The van der Waals surface area contributed by atoms with Gasteiger partial charge in [0.1, 0.15) is 29.7 Å². The Balaban J connectivity index is 2.16. The van der Waals surface area contributed by atoms with E-state index in [0.717, 1.165) is 0 Å². The van der Waals surface area contributed by atoms with Crippen molar-refractivity contribution in [2.75, 3.05) is 21.2 Å². The fraction of sp³-hybridized carbons (Fsp3) is 0.944. The summed E-state index contributed by atoms with van der Waals surface area (Å²) in [5.74, 6) is -4.94. The van der Waals surface area contributed by atoms with Crippen LogP contribution in [-0.4, -0.2) is 148 Å². The molecule has 3 fully saturated rings. The number of carbonyl (C=O) groups is 2. The number of hydrogen-bond donors (Lipinski definition) is 5. The number of Topliss-reactive ketones (excluding diaryl/α,β-unsaturated/α-hetero) is 1. The number of aliphatic hydroxyl groups is 5. The molecule has 5 N–H and O–H groups in total. The molecule has 0 aliphatic carbocycles. The van der Waals surface area contributed by atoms with Crippen molar-refractivity contribution in [3.05, 3.63) is 0 Å². The topological polar surface area (TPSA) is 194 Å². The molecule has 18 atom stereocenters. The number of esters is 1. The molecule has 0 aromatic carbocycles. The first-order chi connectivity index (χ1) is 23.1. The molecule has 0 radical (unpaired) electrons. The maximum atomic E-state index is 14.0. The van der Waals surface area contributed by atoms with Crippen LogP contribution in [0.1, 0.15) is 88.0 Å². The van der Waals surface area contributed by atoms with Crippen LogP contribution >= 0.6 is 0 Å². The molecule has 0 bridgehead atoms. The fourth-order valence-corrected chi connectivity index (χ4v) is 8.15. The Bertz CT molecular complexity index is 1120. The van der Waals surface area contributed by atoms with Gasteiger partial charge in [0.05, 0.1) is 48.1 Å². The number of rotatable bonds is 7. The molecule has 0 unspecified atom stereocenters. The molecule has 3 saturated heterocycles. The van der Waals surface area contributed by atoms with Crippen molar-refractivity contribution >= 4 is 11.8 Å². The van der Waals surface area contributed by atoms with Crippen LogP contribution in [0.5, 0.6) is 0 Å². The number of likely N-dealkylation sites (N-methyl/N-ethyl adjacent to an activating group) is 1. The quantitative estimate of drug-likeness (QED) is 0.237. The normalized spacial score (nSPS) is 49.0. The number of carbonyl (C=O) groups excluding carboxylic acids is 2. The van der Waals surface area contributed by atoms with Gasteiger partial charge in [-0.15, -0.1) is 0 Å². The highest BCUT2D eigenvalue weighted by molar-refractivity contribution is 5.83. The van der Waals surface area contributed by atoms with Crippen LogP contribution in [0.4, 0.5) is 0 Å². The Labute approximate surface area is 297 Å². The Morgan fingerprint density at radius 3 is 2.08 bits per heavy atom. The summed E-state index contributed by atoms with van der Waals surface area (Å²) in [5, 5.41) is 57.2. The Morgan fingerprint density at radius 2 is 1.52 bits per heavy atom. The van der Waals surface area contributed by atoms with Crippen LogP contribution in [0.3, 0.4) is 0 Å². The summed E-state index contributed by atoms with van der Waals surface area (Å²) in [6.07, 6.45) is -10.1. The second-order valence-electron chi connectivity index (χ2n) is 15.8. The van der Waals surface area contributed by atoms with Gasteiger partial charge in [0.25, 0.3) is 0 Å². The van der Waals surface area contributed by atoms with Gasteiger partial charge in [-0.1, -0.05) is 27.7 Å². The van der Waals surface area contributed by atoms with Crippen LogP contribution in [0, 0.1) is 23.7 Å². The largest absolute Gasteiger partial charge is 0.459 e. The summed E-state index contributed by atoms with van der Waals surface area (Å²) >= 11 is 0. The molecule has 50 heavy (non-hydrogen) atoms. The molecule has 3 aliphatic rings. The third-order valence-corrected chi connectivity index (χ3v) is 11.3. The van der Waals surface area contributed by atoms with Crippen LogP contribution < -0.4 is 0 Å². The van der Waals surface area contributed by atoms with E-state index in [-0.39, 0.29) is 31.4 Å². The van der Waals surface area contributed by atoms with Crippen LogP contribution in [0.2, 0.25) is 0 Å². The predicted molar refractivity (Wildman–Crippen MR) is 182 cm³/mol. The van der Waals surface area contributed by atoms with Crippen molar-refractivity contribution in [2.45, 2.75) is 173 Å². The lowest BCUT2D eigenvalue weighted by Gasteiger charge is -2.48. The van der Waals surface area contributed by atoms with Gasteiger partial charge in [0, 0.05) is 37.3 Å². The van der Waals surface area contributed by atoms with E-state index in [4.69, 9.17) is 28.4 Å². The first-order valence-electron chi connectivity index (χ1n) is 18.1. The minimum atomic E-state index is -1.99. The number of aliphatic hydroxyl groups excluding tert-OH is 3. The number of nitrogens with zero attached hydrogens (tertiary/aromatic N) is 1. The average molecular weight is 720 g/mol. The number of ether oxygens (including phenoxy) is 6. The lowest BCUT2D eigenvalue weighted by molar-refractivity contribution is -0.311. The summed E-state index contributed by atoms with van der Waals surface area (Å²) in [7, 11) is 5.17. The summed E-state index contributed by atoms with van der Waals surface area (Å²) in [6, 6.07) is -0.320. The van der Waals surface area contributed by atoms with Gasteiger partial charge in [-0.25, -0.2) is 0 Å². The second-order valence-corrected chi connectivity index (χ2v) is 15.8. The average Bonchev–Trinajstić information content (AvgIpc) is 3.04. The van der Waals surface area contributed by atoms with Gasteiger partial charge < -0.3 is 58.9 Å². The van der Waals surface area contributed by atoms with E-state index in [1.807, 2.05) is 25.9 Å². The molecular formula is C36H65NO13. The van der Waals surface area contributed by atoms with Crippen molar-refractivity contribution < 1.29 is 63.5 Å². The second kappa shape index (κ2) is 17.2. The van der Waals surface area contributed by atoms with Crippen LogP contribution in [0.15, 0.2) is 0 Å². The highest BCUT2D eigenvalue weighted by atomic mass is 16.7. The van der Waals surface area contributed by atoms with Crippen molar-refractivity contribution in [3.8, 4) is 0 Å². The SMILES string of the molecule is CC[C@H]1OC(=O)[C@H](C)[C@@H](O[C@H]2C[C@@H](OC)[C@@H](O)[C@H](C)O2)[C@H](C)[C@@H](O[C@@H]2O[C@H](C)C[C@H](N(C)C)[C@H]2O)[C@](C)(O)C[C@@H](C)C(=O)[C@H](C)[C@@H](O)[C@]1(C)O. The monoisotopic (exact) mass is 719 g/mol. The highest BCUT2D eigenvalue weighted by Gasteiger charge is 2.52. The molecule has 292 valence electrons. The van der Waals surface area contributed by atoms with Crippen molar-refractivity contribution in [3.63, 3.8) is 0 Å². The number of ketones is 1. The smallest absolute Gasteiger partial charge is 0.311 e. The number of methoxy groups -OCH3 is 1. The molecule has 3 heterocycles. The van der Waals surface area contributed by atoms with Gasteiger partial charge in [0.15, 0.2) is 12.6 Å². The molecule has 3 rings (SSSR count). The Morgan fingerprint density at radius 1 is 0.900 bits per heavy atom. The minimum absolute atomic E-state index is 0.128. The van der Waals surface area contributed by atoms with Gasteiger partial charge in [-0.3, -0.25) is 9.59 Å². The van der Waals surface area contributed by atoms with E-state index in [1.54, 1.807) is 34.6 Å². The van der Waals surface area contributed by atoms with Crippen molar-refractivity contribution in [2.24, 2.45) is 23.7 Å². The fourth-order valence-electron chi connectivity index (χ4n) is 8.15. The molecule has 0 saturated carbocycles. The lowest BCUT2D eigenvalue weighted by atomic mass is 9.74. The molecule has 0 aromatic heterocycles. The van der Waals surface area contributed by atoms with Crippen LogP contribution in [-0.2, 0) is 38.0 Å². The van der Waals surface area contributed by atoms with Gasteiger partial charge in [-0.05, 0) is 68.0 Å². The lowest BCUT2D eigenvalue weighted by Crippen LogP contribution is -2.60. The highest BCUT2D eigenvalue weighted by Crippen LogP contribution is 2.39. The molecule has 0 amide bonds. The van der Waals surface area contributed by atoms with E-state index < -0.39 is 108 Å². The van der Waals surface area contributed by atoms with Gasteiger partial charge in [0.2, 0.25) is 0 Å². The minimum Gasteiger partial charge on any atom is -0.459 e. The molecular weight excluding hydrogens is 654 g/mol. The maximum Gasteiger partial charge on any atom is 0.311 e. The molecule has 0 spiro atoms. The zero-order valence-electron chi connectivity index (χ0n) is 32.0. The first kappa shape index (κ1) is 43.1. The third kappa shape index (κ3) is 9.43. The van der Waals surface area contributed by atoms with Gasteiger partial charge in [-0.2, -0.15) is 0 Å². The third-order valence-electron chi connectivity index (χ3n) is 11.3. The van der Waals surface area contributed by atoms with E-state index >= 15 is 0 Å². The first-order valence-corrected chi connectivity index (χ1v) is 18.1. The summed E-state index contributed by atoms with van der Waals surface area (Å²) in [4.78, 5) is 29.7. The zero-order valence-corrected chi connectivity index (χ0v) is 32.0. The summed E-state index contributed by atoms with van der Waals surface area (Å²) in [6.45, 7) is 14.6. The van der Waals surface area contributed by atoms with Crippen molar-refractivity contribution in [1.82, 2.24) is 4.90 Å².